The van der Waals surface area contributed by atoms with Crippen LogP contribution in [0, 0.1) is 32.6 Å². The number of aromatic hydroxyl groups is 1. The Balaban J connectivity index is 2.36. The number of hydrogen-bond donors (Lipinski definition) is 1. The molecule has 1 aromatic rings. The molecule has 0 bridgehead atoms. The Morgan fingerprint density at radius 2 is 1.65 bits per heavy atom. The van der Waals surface area contributed by atoms with Crippen LogP contribution in [0.5, 0.6) is 11.5 Å². The Morgan fingerprint density at radius 1 is 1.05 bits per heavy atom. The Hall–Kier alpha value is -1.18. The molecule has 110 valence electrons. The fourth-order valence-corrected chi connectivity index (χ4v) is 4.67. The average molecular weight is 274 g/mol. The summed E-state index contributed by atoms with van der Waals surface area (Å²) in [5, 5.41) is 10.4. The summed E-state index contributed by atoms with van der Waals surface area (Å²) in [6.07, 6.45) is 1.20. The van der Waals surface area contributed by atoms with Crippen LogP contribution in [0.3, 0.4) is 0 Å². The summed E-state index contributed by atoms with van der Waals surface area (Å²) >= 11 is 0. The predicted molar refractivity (Wildman–Crippen MR) is 81.6 cm³/mol. The van der Waals surface area contributed by atoms with Crippen molar-refractivity contribution in [2.75, 3.05) is 0 Å². The van der Waals surface area contributed by atoms with Crippen LogP contribution in [0.2, 0.25) is 0 Å². The van der Waals surface area contributed by atoms with Gasteiger partial charge in [-0.3, -0.25) is 0 Å². The largest absolute Gasteiger partial charge is 0.507 e. The highest BCUT2D eigenvalue weighted by atomic mass is 16.5. The first-order valence-corrected chi connectivity index (χ1v) is 7.64. The molecular weight excluding hydrogens is 248 g/mol. The van der Waals surface area contributed by atoms with E-state index in [9.17, 15) is 5.11 Å². The first-order valence-electron chi connectivity index (χ1n) is 7.64. The lowest BCUT2D eigenvalue weighted by molar-refractivity contribution is -0.107. The van der Waals surface area contributed by atoms with Crippen molar-refractivity contribution in [2.45, 2.75) is 65.9 Å². The van der Waals surface area contributed by atoms with E-state index >= 15 is 0 Å². The van der Waals surface area contributed by atoms with Crippen molar-refractivity contribution in [3.05, 3.63) is 22.3 Å². The number of benzene rings is 1. The Bertz CT molecular complexity index is 600. The van der Waals surface area contributed by atoms with E-state index < -0.39 is 0 Å². The average Bonchev–Trinajstić information content (AvgIpc) is 2.37. The second-order valence-corrected chi connectivity index (χ2v) is 7.61. The molecule has 1 aromatic carbocycles. The molecule has 1 fully saturated rings. The van der Waals surface area contributed by atoms with Gasteiger partial charge in [-0.2, -0.15) is 0 Å². The minimum atomic E-state index is -0.130. The van der Waals surface area contributed by atoms with Gasteiger partial charge in [-0.15, -0.1) is 0 Å². The summed E-state index contributed by atoms with van der Waals surface area (Å²) in [5.74, 6) is 2.63. The molecule has 1 N–H and O–H groups in total. The molecule has 1 aliphatic carbocycles. The quantitative estimate of drug-likeness (QED) is 0.759. The number of phenolic OH excluding ortho intramolecular Hbond substituents is 1. The fraction of sp³-hybridized carbons (Fsp3) is 0.667. The molecule has 1 saturated carbocycles. The van der Waals surface area contributed by atoms with E-state index in [4.69, 9.17) is 4.74 Å². The maximum absolute atomic E-state index is 10.4. The summed E-state index contributed by atoms with van der Waals surface area (Å²) in [4.78, 5) is 0. The first-order chi connectivity index (χ1) is 9.12. The first kappa shape index (κ1) is 13.8. The zero-order chi connectivity index (χ0) is 15.0. The molecule has 3 rings (SSSR count). The maximum atomic E-state index is 10.4. The van der Waals surface area contributed by atoms with E-state index in [0.29, 0.717) is 17.6 Å². The SMILES string of the molecule is Cc1c(C)c2c(c(C)c1O)[C@@]1(C)C(C)CC1C(C)(C)O2. The lowest BCUT2D eigenvalue weighted by Crippen LogP contribution is -2.63. The molecule has 0 radical (unpaired) electrons. The Morgan fingerprint density at radius 3 is 2.20 bits per heavy atom. The van der Waals surface area contributed by atoms with Crippen molar-refractivity contribution in [2.24, 2.45) is 11.8 Å². The molecule has 1 aliphatic heterocycles. The van der Waals surface area contributed by atoms with Crippen LogP contribution in [0.4, 0.5) is 0 Å². The predicted octanol–water partition coefficient (Wildman–Crippen LogP) is 4.40. The van der Waals surface area contributed by atoms with Gasteiger partial charge in [0.25, 0.3) is 0 Å². The zero-order valence-corrected chi connectivity index (χ0v) is 13.7. The molecule has 1 heterocycles. The van der Waals surface area contributed by atoms with Gasteiger partial charge in [-0.05, 0) is 63.6 Å². The third kappa shape index (κ3) is 1.35. The molecule has 2 heteroatoms. The minimum absolute atomic E-state index is 0.122. The second-order valence-electron chi connectivity index (χ2n) is 7.61. The van der Waals surface area contributed by atoms with E-state index in [0.717, 1.165) is 22.4 Å². The summed E-state index contributed by atoms with van der Waals surface area (Å²) in [5.41, 5.74) is 4.30. The van der Waals surface area contributed by atoms with Gasteiger partial charge in [0.15, 0.2) is 0 Å². The topological polar surface area (TPSA) is 29.5 Å². The standard InChI is InChI=1S/C18H26O2/c1-9-8-13-17(5,6)20-16-11(3)10(2)15(19)12(4)14(16)18(9,13)7/h9,13,19H,8H2,1-7H3/t9?,13?,18-/m0/s1. The van der Waals surface area contributed by atoms with Crippen molar-refractivity contribution >= 4 is 0 Å². The zero-order valence-electron chi connectivity index (χ0n) is 13.7. The molecule has 0 amide bonds. The Labute approximate surface area is 122 Å². The normalized spacial score (nSPS) is 33.8. The van der Waals surface area contributed by atoms with E-state index in [-0.39, 0.29) is 11.0 Å². The monoisotopic (exact) mass is 274 g/mol. The highest BCUT2D eigenvalue weighted by Crippen LogP contribution is 2.64. The van der Waals surface area contributed by atoms with Crippen LogP contribution >= 0.6 is 0 Å². The van der Waals surface area contributed by atoms with Crippen molar-refractivity contribution in [3.63, 3.8) is 0 Å². The van der Waals surface area contributed by atoms with Crippen LogP contribution in [-0.4, -0.2) is 10.7 Å². The van der Waals surface area contributed by atoms with Crippen molar-refractivity contribution < 1.29 is 9.84 Å². The van der Waals surface area contributed by atoms with Gasteiger partial charge in [-0.25, -0.2) is 0 Å². The molecule has 0 saturated heterocycles. The van der Waals surface area contributed by atoms with Crippen LogP contribution in [-0.2, 0) is 5.41 Å². The molecule has 20 heavy (non-hydrogen) atoms. The highest BCUT2D eigenvalue weighted by Gasteiger charge is 2.61. The lowest BCUT2D eigenvalue weighted by Gasteiger charge is -2.62. The van der Waals surface area contributed by atoms with Crippen molar-refractivity contribution in [3.8, 4) is 11.5 Å². The van der Waals surface area contributed by atoms with Gasteiger partial charge in [0.05, 0.1) is 0 Å². The molecular formula is C18H26O2. The van der Waals surface area contributed by atoms with E-state index in [1.807, 2.05) is 13.8 Å². The summed E-state index contributed by atoms with van der Waals surface area (Å²) in [6, 6.07) is 0. The number of ether oxygens (including phenoxy) is 1. The van der Waals surface area contributed by atoms with Crippen molar-refractivity contribution in [1.29, 1.82) is 0 Å². The van der Waals surface area contributed by atoms with E-state index in [1.54, 1.807) is 0 Å². The van der Waals surface area contributed by atoms with E-state index in [2.05, 4.69) is 34.6 Å². The number of hydrogen-bond acceptors (Lipinski definition) is 2. The fourth-order valence-electron chi connectivity index (χ4n) is 4.67. The van der Waals surface area contributed by atoms with Crippen LogP contribution < -0.4 is 4.74 Å². The number of rotatable bonds is 0. The summed E-state index contributed by atoms with van der Waals surface area (Å²) in [6.45, 7) is 15.2. The molecule has 0 aromatic heterocycles. The molecule has 3 atom stereocenters. The Kier molecular flexibility index (Phi) is 2.56. The summed E-state index contributed by atoms with van der Waals surface area (Å²) in [7, 11) is 0. The summed E-state index contributed by atoms with van der Waals surface area (Å²) < 4.78 is 6.40. The van der Waals surface area contributed by atoms with Gasteiger partial charge < -0.3 is 9.84 Å². The molecule has 0 spiro atoms. The van der Waals surface area contributed by atoms with Gasteiger partial charge in [0.2, 0.25) is 0 Å². The molecule has 2 unspecified atom stereocenters. The minimum Gasteiger partial charge on any atom is -0.507 e. The van der Waals surface area contributed by atoms with Crippen LogP contribution in [0.1, 0.15) is 56.4 Å². The number of fused-ring (bicyclic) bond motifs is 3. The third-order valence-electron chi connectivity index (χ3n) is 6.30. The van der Waals surface area contributed by atoms with Gasteiger partial charge in [0.1, 0.15) is 17.1 Å². The second kappa shape index (κ2) is 3.72. The van der Waals surface area contributed by atoms with Crippen LogP contribution in [0.25, 0.3) is 0 Å². The van der Waals surface area contributed by atoms with Gasteiger partial charge in [-0.1, -0.05) is 13.8 Å². The van der Waals surface area contributed by atoms with E-state index in [1.165, 1.54) is 12.0 Å². The highest BCUT2D eigenvalue weighted by molar-refractivity contribution is 5.62. The van der Waals surface area contributed by atoms with Gasteiger partial charge >= 0.3 is 0 Å². The molecule has 2 aliphatic rings. The van der Waals surface area contributed by atoms with Gasteiger partial charge in [0, 0.05) is 16.9 Å². The lowest BCUT2D eigenvalue weighted by atomic mass is 9.46. The molecule has 2 nitrogen and oxygen atoms in total. The van der Waals surface area contributed by atoms with Crippen LogP contribution in [0.15, 0.2) is 0 Å². The maximum Gasteiger partial charge on any atom is 0.127 e. The smallest absolute Gasteiger partial charge is 0.127 e. The number of phenols is 1. The third-order valence-corrected chi connectivity index (χ3v) is 6.30. The van der Waals surface area contributed by atoms with Crippen molar-refractivity contribution in [1.82, 2.24) is 0 Å².